The molecule has 3 heterocycles. The molecule has 0 radical (unpaired) electrons. The quantitative estimate of drug-likeness (QED) is 0.301. The Labute approximate surface area is 162 Å². The highest BCUT2D eigenvalue weighted by atomic mass is 16.7. The summed E-state index contributed by atoms with van der Waals surface area (Å²) in [6, 6.07) is 0. The lowest BCUT2D eigenvalue weighted by Gasteiger charge is -2.28. The Morgan fingerprint density at radius 1 is 1.46 bits per heavy atom. The van der Waals surface area contributed by atoms with E-state index in [0.29, 0.717) is 12.0 Å². The van der Waals surface area contributed by atoms with Crippen molar-refractivity contribution in [2.24, 2.45) is 5.92 Å². The van der Waals surface area contributed by atoms with Crippen molar-refractivity contribution in [3.63, 3.8) is 0 Å². The molecule has 0 aromatic heterocycles. The molecule has 3 saturated heterocycles. The van der Waals surface area contributed by atoms with E-state index >= 15 is 0 Å². The van der Waals surface area contributed by atoms with Crippen LogP contribution in [-0.4, -0.2) is 71.5 Å². The lowest BCUT2D eigenvalue weighted by molar-refractivity contribution is -0.148. The van der Waals surface area contributed by atoms with Crippen molar-refractivity contribution in [2.75, 3.05) is 13.2 Å². The highest BCUT2D eigenvalue weighted by molar-refractivity contribution is 5.92. The third-order valence-corrected chi connectivity index (χ3v) is 6.00. The zero-order valence-corrected chi connectivity index (χ0v) is 15.8. The molecule has 8 nitrogen and oxygen atoms in total. The fourth-order valence-electron chi connectivity index (χ4n) is 4.24. The molecule has 0 aromatic carbocycles. The molecule has 0 aromatic rings. The maximum atomic E-state index is 12.5. The Balaban J connectivity index is 1.70. The Morgan fingerprint density at radius 3 is 2.86 bits per heavy atom. The van der Waals surface area contributed by atoms with Crippen molar-refractivity contribution in [1.29, 1.82) is 0 Å². The third kappa shape index (κ3) is 3.10. The van der Waals surface area contributed by atoms with Gasteiger partial charge in [0.15, 0.2) is 0 Å². The molecule has 28 heavy (non-hydrogen) atoms. The number of epoxide rings is 2. The molecule has 4 aliphatic rings. The Bertz CT molecular complexity index is 783. The first kappa shape index (κ1) is 19.3. The van der Waals surface area contributed by atoms with Crippen molar-refractivity contribution in [3.8, 4) is 0 Å². The smallest absolute Gasteiger partial charge is 0.336 e. The van der Waals surface area contributed by atoms with Gasteiger partial charge >= 0.3 is 11.9 Å². The monoisotopic (exact) mass is 392 g/mol. The summed E-state index contributed by atoms with van der Waals surface area (Å²) in [5.41, 5.74) is 0.350. The van der Waals surface area contributed by atoms with E-state index in [1.165, 1.54) is 6.08 Å². The second kappa shape index (κ2) is 6.81. The number of hydrogen-bond acceptors (Lipinski definition) is 8. The minimum atomic E-state index is -0.751. The molecule has 1 aliphatic carbocycles. The molecule has 3 aliphatic heterocycles. The number of allylic oxidation sites excluding steroid dienone is 1. The number of fused-ring (bicyclic) bond motifs is 4. The van der Waals surface area contributed by atoms with E-state index < -0.39 is 42.3 Å². The molecule has 7 atom stereocenters. The van der Waals surface area contributed by atoms with E-state index in [1.807, 2.05) is 6.92 Å². The number of carbonyl (C=O) groups excluding carboxylic acids is 2. The molecule has 0 spiro atoms. The highest BCUT2D eigenvalue weighted by Gasteiger charge is 2.67. The fraction of sp³-hybridized carbons (Fsp3) is 0.600. The van der Waals surface area contributed by atoms with Crippen LogP contribution >= 0.6 is 0 Å². The van der Waals surface area contributed by atoms with Crippen LogP contribution in [0.1, 0.15) is 20.3 Å². The van der Waals surface area contributed by atoms with Crippen molar-refractivity contribution in [3.05, 3.63) is 35.5 Å². The fourth-order valence-corrected chi connectivity index (χ4v) is 4.24. The van der Waals surface area contributed by atoms with Crippen LogP contribution in [0, 0.1) is 5.92 Å². The molecular formula is C20H24O8. The van der Waals surface area contributed by atoms with Crippen LogP contribution in [0.4, 0.5) is 0 Å². The number of aliphatic hydroxyl groups excluding tert-OH is 2. The van der Waals surface area contributed by atoms with Gasteiger partial charge in [-0.2, -0.15) is 0 Å². The summed E-state index contributed by atoms with van der Waals surface area (Å²) >= 11 is 0. The zero-order valence-electron chi connectivity index (χ0n) is 15.8. The average Bonchev–Trinajstić information content (AvgIpc) is 3.53. The maximum absolute atomic E-state index is 12.5. The number of rotatable bonds is 4. The van der Waals surface area contributed by atoms with Crippen LogP contribution in [0.25, 0.3) is 0 Å². The lowest BCUT2D eigenvalue weighted by Crippen LogP contribution is -2.38. The number of hydrogen-bond donors (Lipinski definition) is 2. The molecule has 3 fully saturated rings. The number of aliphatic hydroxyl groups is 2. The normalized spacial score (nSPS) is 43.7. The summed E-state index contributed by atoms with van der Waals surface area (Å²) in [4.78, 5) is 24.7. The van der Waals surface area contributed by atoms with Gasteiger partial charge in [-0.05, 0) is 25.5 Å². The summed E-state index contributed by atoms with van der Waals surface area (Å²) in [6.07, 6.45) is 1.36. The second-order valence-electron chi connectivity index (χ2n) is 7.81. The van der Waals surface area contributed by atoms with Gasteiger partial charge in [0, 0.05) is 12.0 Å². The van der Waals surface area contributed by atoms with Crippen LogP contribution in [0.5, 0.6) is 0 Å². The molecule has 0 saturated carbocycles. The molecule has 8 heteroatoms. The SMILES string of the molecule is C=C1C(=O)OC2/C=C(\CO)C3OC3C3OC3(C)CC(OC(=O)/C(=C/C)CO)C12. The minimum Gasteiger partial charge on any atom is -0.458 e. The number of ether oxygens (including phenoxy) is 4. The predicted molar refractivity (Wildman–Crippen MR) is 95.0 cm³/mol. The number of carbonyl (C=O) groups is 2. The topological polar surface area (TPSA) is 118 Å². The van der Waals surface area contributed by atoms with Crippen molar-refractivity contribution >= 4 is 11.9 Å². The van der Waals surface area contributed by atoms with Gasteiger partial charge in [-0.25, -0.2) is 9.59 Å². The molecular weight excluding hydrogens is 368 g/mol. The summed E-state index contributed by atoms with van der Waals surface area (Å²) in [5, 5.41) is 19.1. The number of esters is 2. The molecule has 0 bridgehead atoms. The predicted octanol–water partition coefficient (Wildman–Crippen LogP) is 0.182. The maximum Gasteiger partial charge on any atom is 0.336 e. The summed E-state index contributed by atoms with van der Waals surface area (Å²) in [7, 11) is 0. The van der Waals surface area contributed by atoms with E-state index in [0.717, 1.165) is 0 Å². The first-order valence-corrected chi connectivity index (χ1v) is 9.34. The average molecular weight is 392 g/mol. The molecule has 7 unspecified atom stereocenters. The van der Waals surface area contributed by atoms with Gasteiger partial charge in [0.05, 0.1) is 30.3 Å². The lowest BCUT2D eigenvalue weighted by atomic mass is 9.82. The van der Waals surface area contributed by atoms with E-state index in [9.17, 15) is 19.8 Å². The molecule has 152 valence electrons. The van der Waals surface area contributed by atoms with Crippen LogP contribution in [0.3, 0.4) is 0 Å². The van der Waals surface area contributed by atoms with Gasteiger partial charge in [0.1, 0.15) is 30.5 Å². The van der Waals surface area contributed by atoms with Crippen molar-refractivity contribution < 1.29 is 38.7 Å². The highest BCUT2D eigenvalue weighted by Crippen LogP contribution is 2.53. The van der Waals surface area contributed by atoms with Crippen LogP contribution in [0.15, 0.2) is 35.5 Å². The van der Waals surface area contributed by atoms with Crippen LogP contribution in [-0.2, 0) is 28.5 Å². The molecule has 0 amide bonds. The summed E-state index contributed by atoms with van der Waals surface area (Å²) < 4.78 is 22.7. The second-order valence-corrected chi connectivity index (χ2v) is 7.81. The Hall–Kier alpha value is -2.00. The third-order valence-electron chi connectivity index (χ3n) is 6.00. The first-order chi connectivity index (χ1) is 13.3. The first-order valence-electron chi connectivity index (χ1n) is 9.34. The van der Waals surface area contributed by atoms with E-state index in [2.05, 4.69) is 6.58 Å². The van der Waals surface area contributed by atoms with Crippen molar-refractivity contribution in [1.82, 2.24) is 0 Å². The van der Waals surface area contributed by atoms with Gasteiger partial charge in [-0.15, -0.1) is 0 Å². The van der Waals surface area contributed by atoms with E-state index in [1.54, 1.807) is 13.0 Å². The Kier molecular flexibility index (Phi) is 4.70. The van der Waals surface area contributed by atoms with Crippen LogP contribution in [0.2, 0.25) is 0 Å². The van der Waals surface area contributed by atoms with Gasteiger partial charge in [-0.1, -0.05) is 12.7 Å². The largest absolute Gasteiger partial charge is 0.458 e. The van der Waals surface area contributed by atoms with Crippen molar-refractivity contribution in [2.45, 2.75) is 56.4 Å². The minimum absolute atomic E-state index is 0.125. The van der Waals surface area contributed by atoms with Gasteiger partial charge in [-0.3, -0.25) is 0 Å². The van der Waals surface area contributed by atoms with Gasteiger partial charge in [0.25, 0.3) is 0 Å². The standard InChI is InChI=1S/C20H24O8/c1-4-10(7-21)19(24)26-13-6-20(3)17(28-20)16-15(27-16)11(8-22)5-12-14(13)9(2)18(23)25-12/h4-5,12-17,21-22H,2,6-8H2,1,3H3/b10-4+,11-5+. The Morgan fingerprint density at radius 2 is 2.21 bits per heavy atom. The van der Waals surface area contributed by atoms with Crippen LogP contribution < -0.4 is 0 Å². The summed E-state index contributed by atoms with van der Waals surface area (Å²) in [5.74, 6) is -1.85. The van der Waals surface area contributed by atoms with Gasteiger partial charge in [0.2, 0.25) is 0 Å². The van der Waals surface area contributed by atoms with E-state index in [-0.39, 0.29) is 36.1 Å². The zero-order chi connectivity index (χ0) is 20.2. The molecule has 4 rings (SSSR count). The van der Waals surface area contributed by atoms with Gasteiger partial charge < -0.3 is 29.2 Å². The van der Waals surface area contributed by atoms with E-state index in [4.69, 9.17) is 18.9 Å². The summed E-state index contributed by atoms with van der Waals surface area (Å²) in [6.45, 7) is 6.68. The molecule has 2 N–H and O–H groups in total.